The highest BCUT2D eigenvalue weighted by atomic mass is 16.5. The van der Waals surface area contributed by atoms with Crippen LogP contribution in [0.3, 0.4) is 0 Å². The number of hydrogen-bond donors (Lipinski definition) is 2. The molecule has 0 spiro atoms. The van der Waals surface area contributed by atoms with E-state index in [4.69, 9.17) is 9.84 Å². The second-order valence-electron chi connectivity index (χ2n) is 4.12. The Morgan fingerprint density at radius 1 is 1.33 bits per heavy atom. The molecule has 2 N–H and O–H groups in total. The van der Waals surface area contributed by atoms with Crippen LogP contribution in [0.15, 0.2) is 42.5 Å². The van der Waals surface area contributed by atoms with Crippen LogP contribution in [0.25, 0.3) is 0 Å². The molecule has 0 saturated heterocycles. The SMILES string of the molecule is C[C@H](O)C=C[C@@H](C)NC(=O)OCc1ccccc1. The molecule has 1 rings (SSSR count). The molecule has 1 amide bonds. The fraction of sp³-hybridized carbons (Fsp3) is 0.357. The number of hydrogen-bond acceptors (Lipinski definition) is 3. The van der Waals surface area contributed by atoms with E-state index in [2.05, 4.69) is 5.32 Å². The quantitative estimate of drug-likeness (QED) is 0.787. The number of nitrogens with one attached hydrogen (secondary N) is 1. The lowest BCUT2D eigenvalue weighted by molar-refractivity contribution is 0.138. The van der Waals surface area contributed by atoms with Gasteiger partial charge in [-0.1, -0.05) is 42.5 Å². The first-order valence-corrected chi connectivity index (χ1v) is 5.91. The van der Waals surface area contributed by atoms with Crippen molar-refractivity contribution in [2.45, 2.75) is 32.6 Å². The van der Waals surface area contributed by atoms with E-state index < -0.39 is 12.2 Å². The molecule has 0 unspecified atom stereocenters. The Balaban J connectivity index is 2.29. The zero-order valence-electron chi connectivity index (χ0n) is 10.7. The maximum Gasteiger partial charge on any atom is 0.407 e. The van der Waals surface area contributed by atoms with Gasteiger partial charge in [0.1, 0.15) is 6.61 Å². The number of aliphatic hydroxyl groups is 1. The minimum atomic E-state index is -0.519. The predicted octanol–water partition coefficient (Wildman–Crippen LogP) is 2.24. The molecule has 0 aromatic heterocycles. The van der Waals surface area contributed by atoms with Gasteiger partial charge in [0.25, 0.3) is 0 Å². The van der Waals surface area contributed by atoms with E-state index in [0.29, 0.717) is 0 Å². The van der Waals surface area contributed by atoms with Crippen LogP contribution in [-0.2, 0) is 11.3 Å². The van der Waals surface area contributed by atoms with Gasteiger partial charge in [0.15, 0.2) is 0 Å². The Kier molecular flexibility index (Phi) is 5.94. The summed E-state index contributed by atoms with van der Waals surface area (Å²) in [6.45, 7) is 3.71. The van der Waals surface area contributed by atoms with Crippen LogP contribution in [0.5, 0.6) is 0 Å². The van der Waals surface area contributed by atoms with E-state index in [1.807, 2.05) is 37.3 Å². The molecule has 0 aliphatic heterocycles. The molecule has 1 aromatic carbocycles. The molecular formula is C14H19NO3. The molecule has 18 heavy (non-hydrogen) atoms. The number of aliphatic hydroxyl groups excluding tert-OH is 1. The van der Waals surface area contributed by atoms with Crippen LogP contribution in [0.4, 0.5) is 4.79 Å². The number of carbonyl (C=O) groups is 1. The third-order valence-electron chi connectivity index (χ3n) is 2.24. The Labute approximate surface area is 107 Å². The van der Waals surface area contributed by atoms with E-state index in [1.54, 1.807) is 19.1 Å². The predicted molar refractivity (Wildman–Crippen MR) is 70.0 cm³/mol. The molecule has 0 bridgehead atoms. The summed E-state index contributed by atoms with van der Waals surface area (Å²) >= 11 is 0. The normalized spacial score (nSPS) is 14.2. The first-order valence-electron chi connectivity index (χ1n) is 5.91. The van der Waals surface area contributed by atoms with Crippen molar-refractivity contribution in [1.82, 2.24) is 5.32 Å². The minimum absolute atomic E-state index is 0.178. The van der Waals surface area contributed by atoms with Crippen LogP contribution in [-0.4, -0.2) is 23.3 Å². The van der Waals surface area contributed by atoms with Crippen molar-refractivity contribution in [2.24, 2.45) is 0 Å². The number of amides is 1. The number of carbonyl (C=O) groups excluding carboxylic acids is 1. The minimum Gasteiger partial charge on any atom is -0.445 e. The number of rotatable bonds is 5. The molecule has 0 heterocycles. The second-order valence-corrected chi connectivity index (χ2v) is 4.12. The Bertz CT molecular complexity index is 387. The molecule has 98 valence electrons. The first-order chi connectivity index (χ1) is 8.58. The van der Waals surface area contributed by atoms with Gasteiger partial charge in [0, 0.05) is 6.04 Å². The second kappa shape index (κ2) is 7.50. The number of ether oxygens (including phenoxy) is 1. The van der Waals surface area contributed by atoms with Crippen molar-refractivity contribution in [3.8, 4) is 0 Å². The van der Waals surface area contributed by atoms with Gasteiger partial charge in [0.2, 0.25) is 0 Å². The van der Waals surface area contributed by atoms with Crippen molar-refractivity contribution in [3.63, 3.8) is 0 Å². The molecule has 1 aromatic rings. The topological polar surface area (TPSA) is 58.6 Å². The van der Waals surface area contributed by atoms with Gasteiger partial charge >= 0.3 is 6.09 Å². The van der Waals surface area contributed by atoms with Crippen LogP contribution < -0.4 is 5.32 Å². The standard InChI is InChI=1S/C14H19NO3/c1-11(8-9-12(2)16)15-14(17)18-10-13-6-4-3-5-7-13/h3-9,11-12,16H,10H2,1-2H3,(H,15,17)/t11-,12+/m1/s1. The summed E-state index contributed by atoms with van der Waals surface area (Å²) in [6.07, 6.45) is 2.34. The third kappa shape index (κ3) is 6.06. The van der Waals surface area contributed by atoms with Crippen LogP contribution >= 0.6 is 0 Å². The smallest absolute Gasteiger partial charge is 0.407 e. The maximum atomic E-state index is 11.4. The van der Waals surface area contributed by atoms with Crippen molar-refractivity contribution in [3.05, 3.63) is 48.0 Å². The van der Waals surface area contributed by atoms with E-state index in [9.17, 15) is 4.79 Å². The summed E-state index contributed by atoms with van der Waals surface area (Å²) in [7, 11) is 0. The largest absolute Gasteiger partial charge is 0.445 e. The van der Waals surface area contributed by atoms with Crippen LogP contribution in [0.1, 0.15) is 19.4 Å². The summed E-state index contributed by atoms with van der Waals surface area (Å²) in [6, 6.07) is 9.30. The van der Waals surface area contributed by atoms with Gasteiger partial charge in [-0.15, -0.1) is 0 Å². The number of alkyl carbamates (subject to hydrolysis) is 1. The molecule has 0 saturated carbocycles. The molecule has 4 heteroatoms. The maximum absolute atomic E-state index is 11.4. The van der Waals surface area contributed by atoms with Crippen molar-refractivity contribution in [1.29, 1.82) is 0 Å². The third-order valence-corrected chi connectivity index (χ3v) is 2.24. The Morgan fingerprint density at radius 2 is 2.00 bits per heavy atom. The van der Waals surface area contributed by atoms with Gasteiger partial charge in [-0.05, 0) is 19.4 Å². The fourth-order valence-corrected chi connectivity index (χ4v) is 1.33. The molecule has 4 nitrogen and oxygen atoms in total. The molecule has 0 aliphatic rings. The zero-order valence-corrected chi connectivity index (χ0v) is 10.7. The number of benzene rings is 1. The van der Waals surface area contributed by atoms with Crippen molar-refractivity contribution in [2.75, 3.05) is 0 Å². The average molecular weight is 249 g/mol. The van der Waals surface area contributed by atoms with Crippen molar-refractivity contribution < 1.29 is 14.6 Å². The van der Waals surface area contributed by atoms with Gasteiger partial charge in [0.05, 0.1) is 6.10 Å². The zero-order chi connectivity index (χ0) is 13.4. The average Bonchev–Trinajstić information content (AvgIpc) is 2.35. The lowest BCUT2D eigenvalue weighted by Crippen LogP contribution is -2.31. The van der Waals surface area contributed by atoms with E-state index >= 15 is 0 Å². The molecular weight excluding hydrogens is 230 g/mol. The highest BCUT2D eigenvalue weighted by Crippen LogP contribution is 2.00. The summed E-state index contributed by atoms with van der Waals surface area (Å²) < 4.78 is 5.06. The summed E-state index contributed by atoms with van der Waals surface area (Å²) in [5.41, 5.74) is 0.944. The Morgan fingerprint density at radius 3 is 2.61 bits per heavy atom. The summed E-state index contributed by atoms with van der Waals surface area (Å²) in [5, 5.41) is 11.7. The van der Waals surface area contributed by atoms with Crippen LogP contribution in [0.2, 0.25) is 0 Å². The molecule has 2 atom stereocenters. The molecule has 0 radical (unpaired) electrons. The van der Waals surface area contributed by atoms with Crippen LogP contribution in [0, 0.1) is 0 Å². The molecule has 0 fully saturated rings. The Hall–Kier alpha value is -1.81. The van der Waals surface area contributed by atoms with E-state index in [1.165, 1.54) is 0 Å². The fourth-order valence-electron chi connectivity index (χ4n) is 1.33. The van der Waals surface area contributed by atoms with Gasteiger partial charge < -0.3 is 15.2 Å². The van der Waals surface area contributed by atoms with Crippen molar-refractivity contribution >= 4 is 6.09 Å². The van der Waals surface area contributed by atoms with Gasteiger partial charge in [-0.3, -0.25) is 0 Å². The lowest BCUT2D eigenvalue weighted by atomic mass is 10.2. The summed E-state index contributed by atoms with van der Waals surface area (Å²) in [5.74, 6) is 0. The lowest BCUT2D eigenvalue weighted by Gasteiger charge is -2.10. The van der Waals surface area contributed by atoms with Gasteiger partial charge in [-0.2, -0.15) is 0 Å². The monoisotopic (exact) mass is 249 g/mol. The first kappa shape index (κ1) is 14.3. The van der Waals surface area contributed by atoms with E-state index in [0.717, 1.165) is 5.56 Å². The van der Waals surface area contributed by atoms with E-state index in [-0.39, 0.29) is 12.6 Å². The summed E-state index contributed by atoms with van der Waals surface area (Å²) in [4.78, 5) is 11.4. The molecule has 0 aliphatic carbocycles. The highest BCUT2D eigenvalue weighted by Gasteiger charge is 2.05. The van der Waals surface area contributed by atoms with Gasteiger partial charge in [-0.25, -0.2) is 4.79 Å². The highest BCUT2D eigenvalue weighted by molar-refractivity contribution is 5.67.